The van der Waals surface area contributed by atoms with E-state index in [1.807, 2.05) is 30.3 Å². The Kier molecular flexibility index (Phi) is 4.96. The summed E-state index contributed by atoms with van der Waals surface area (Å²) >= 11 is 1.62. The Morgan fingerprint density at radius 1 is 1.33 bits per heavy atom. The van der Waals surface area contributed by atoms with E-state index in [2.05, 4.69) is 0 Å². The molecule has 0 spiro atoms. The highest BCUT2D eigenvalue weighted by Gasteiger charge is 2.52. The summed E-state index contributed by atoms with van der Waals surface area (Å²) < 4.78 is 16.5. The van der Waals surface area contributed by atoms with E-state index in [0.29, 0.717) is 29.9 Å². The van der Waals surface area contributed by atoms with Crippen molar-refractivity contribution in [3.63, 3.8) is 0 Å². The summed E-state index contributed by atoms with van der Waals surface area (Å²) in [5, 5.41) is 0. The van der Waals surface area contributed by atoms with Gasteiger partial charge in [-0.2, -0.15) is 0 Å². The maximum Gasteiger partial charge on any atom is 0.340 e. The molecule has 1 aromatic carbocycles. The fraction of sp³-hybridized carbons (Fsp3) is 0.444. The van der Waals surface area contributed by atoms with Crippen LogP contribution in [0.1, 0.15) is 26.2 Å². The summed E-state index contributed by atoms with van der Waals surface area (Å²) in [4.78, 5) is 24.9. The Hall–Kier alpha value is -1.79. The molecular weight excluding hydrogens is 328 g/mol. The van der Waals surface area contributed by atoms with Crippen molar-refractivity contribution in [2.45, 2.75) is 42.8 Å². The average Bonchev–Trinajstić information content (AvgIpc) is 2.91. The van der Waals surface area contributed by atoms with Crippen molar-refractivity contribution in [3.8, 4) is 0 Å². The molecule has 1 saturated heterocycles. The largest absolute Gasteiger partial charge is 0.465 e. The molecule has 1 fully saturated rings. The van der Waals surface area contributed by atoms with E-state index in [4.69, 9.17) is 14.2 Å². The van der Waals surface area contributed by atoms with Crippen LogP contribution in [0.25, 0.3) is 0 Å². The molecule has 0 unspecified atom stereocenters. The quantitative estimate of drug-likeness (QED) is 0.602. The summed E-state index contributed by atoms with van der Waals surface area (Å²) in [6.45, 7) is 1.34. The van der Waals surface area contributed by atoms with E-state index >= 15 is 0 Å². The minimum atomic E-state index is -0.763. The number of thioether (sulfide) groups is 1. The molecule has 0 saturated carbocycles. The zero-order valence-corrected chi connectivity index (χ0v) is 14.6. The van der Waals surface area contributed by atoms with Gasteiger partial charge in [-0.1, -0.05) is 18.2 Å². The highest BCUT2D eigenvalue weighted by atomic mass is 32.2. The van der Waals surface area contributed by atoms with Gasteiger partial charge in [0.15, 0.2) is 0 Å². The molecule has 3 rings (SSSR count). The summed E-state index contributed by atoms with van der Waals surface area (Å²) in [6.07, 6.45) is 1.96. The fourth-order valence-electron chi connectivity index (χ4n) is 3.28. The van der Waals surface area contributed by atoms with Gasteiger partial charge in [0.25, 0.3) is 0 Å². The first-order chi connectivity index (χ1) is 11.5. The smallest absolute Gasteiger partial charge is 0.340 e. The second-order valence-electron chi connectivity index (χ2n) is 5.96. The molecule has 2 bridgehead atoms. The molecule has 128 valence electrons. The first-order valence-corrected chi connectivity index (χ1v) is 8.88. The van der Waals surface area contributed by atoms with Gasteiger partial charge in [0.2, 0.25) is 0 Å². The van der Waals surface area contributed by atoms with Crippen LogP contribution in [0.5, 0.6) is 0 Å². The monoisotopic (exact) mass is 348 g/mol. The molecule has 2 heterocycles. The van der Waals surface area contributed by atoms with Gasteiger partial charge < -0.3 is 14.2 Å². The number of hydrogen-bond donors (Lipinski definition) is 0. The SMILES string of the molecule is COC(=O)C1=C(OC(C)=O)C[C@H]2CC[C@]1(CSc1ccccc1)O2. The molecule has 0 amide bonds. The Morgan fingerprint density at radius 3 is 2.75 bits per heavy atom. The zero-order chi connectivity index (χ0) is 17.2. The van der Waals surface area contributed by atoms with Gasteiger partial charge in [0.05, 0.1) is 13.2 Å². The third-order valence-electron chi connectivity index (χ3n) is 4.28. The van der Waals surface area contributed by atoms with Crippen molar-refractivity contribution in [2.75, 3.05) is 12.9 Å². The highest BCUT2D eigenvalue weighted by molar-refractivity contribution is 7.99. The maximum atomic E-state index is 12.4. The maximum absolute atomic E-state index is 12.4. The lowest BCUT2D eigenvalue weighted by atomic mass is 9.91. The van der Waals surface area contributed by atoms with Gasteiger partial charge in [-0.3, -0.25) is 4.79 Å². The lowest BCUT2D eigenvalue weighted by molar-refractivity contribution is -0.143. The third-order valence-corrected chi connectivity index (χ3v) is 5.50. The number of benzene rings is 1. The summed E-state index contributed by atoms with van der Waals surface area (Å²) in [6, 6.07) is 9.95. The molecule has 0 aliphatic carbocycles. The molecule has 2 aliphatic heterocycles. The van der Waals surface area contributed by atoms with Crippen LogP contribution in [0.15, 0.2) is 46.6 Å². The van der Waals surface area contributed by atoms with E-state index in [0.717, 1.165) is 11.3 Å². The number of rotatable bonds is 5. The summed E-state index contributed by atoms with van der Waals surface area (Å²) in [5.74, 6) is 0.0542. The van der Waals surface area contributed by atoms with Crippen LogP contribution in [-0.2, 0) is 23.8 Å². The van der Waals surface area contributed by atoms with Crippen LogP contribution < -0.4 is 0 Å². The van der Waals surface area contributed by atoms with Crippen LogP contribution >= 0.6 is 11.8 Å². The summed E-state index contributed by atoms with van der Waals surface area (Å²) in [5.41, 5.74) is -0.404. The third kappa shape index (κ3) is 3.35. The molecule has 2 atom stereocenters. The number of methoxy groups -OCH3 is 1. The van der Waals surface area contributed by atoms with Crippen LogP contribution in [-0.4, -0.2) is 36.5 Å². The first-order valence-electron chi connectivity index (χ1n) is 7.90. The van der Waals surface area contributed by atoms with Gasteiger partial charge in [-0.05, 0) is 25.0 Å². The summed E-state index contributed by atoms with van der Waals surface area (Å²) in [7, 11) is 1.33. The molecule has 5 nitrogen and oxygen atoms in total. The minimum Gasteiger partial charge on any atom is -0.465 e. The topological polar surface area (TPSA) is 61.8 Å². The fourth-order valence-corrected chi connectivity index (χ4v) is 4.39. The minimum absolute atomic E-state index is 0.0240. The number of esters is 2. The van der Waals surface area contributed by atoms with Crippen molar-refractivity contribution >= 4 is 23.7 Å². The molecule has 0 aromatic heterocycles. The van der Waals surface area contributed by atoms with Crippen LogP contribution in [0.2, 0.25) is 0 Å². The van der Waals surface area contributed by atoms with E-state index in [1.54, 1.807) is 11.8 Å². The number of ether oxygens (including phenoxy) is 3. The number of hydrogen-bond acceptors (Lipinski definition) is 6. The Balaban J connectivity index is 1.92. The Morgan fingerprint density at radius 2 is 2.08 bits per heavy atom. The van der Waals surface area contributed by atoms with E-state index < -0.39 is 17.5 Å². The molecule has 6 heteroatoms. The predicted molar refractivity (Wildman–Crippen MR) is 89.4 cm³/mol. The molecule has 0 N–H and O–H groups in total. The molecule has 2 aliphatic rings. The average molecular weight is 348 g/mol. The van der Waals surface area contributed by atoms with Crippen molar-refractivity contribution in [1.82, 2.24) is 0 Å². The number of carbonyl (C=O) groups excluding carboxylic acids is 2. The van der Waals surface area contributed by atoms with Crippen LogP contribution in [0.4, 0.5) is 0 Å². The number of carbonyl (C=O) groups is 2. The Bertz CT molecular complexity index is 669. The number of fused-ring (bicyclic) bond motifs is 2. The highest BCUT2D eigenvalue weighted by Crippen LogP contribution is 2.48. The molecule has 24 heavy (non-hydrogen) atoms. The van der Waals surface area contributed by atoms with Gasteiger partial charge >= 0.3 is 11.9 Å². The first kappa shape index (κ1) is 17.0. The second-order valence-corrected chi connectivity index (χ2v) is 7.01. The lowest BCUT2D eigenvalue weighted by Gasteiger charge is -2.35. The van der Waals surface area contributed by atoms with Crippen molar-refractivity contribution in [2.24, 2.45) is 0 Å². The molecule has 0 radical (unpaired) electrons. The second kappa shape index (κ2) is 6.99. The normalized spacial score (nSPS) is 25.5. The standard InChI is InChI=1S/C18H20O5S/c1-12(19)22-15-10-13-8-9-18(23-13,16(15)17(20)21-2)11-24-14-6-4-3-5-7-14/h3-7,13H,8-11H2,1-2H3/t13-,18-/m1/s1. The van der Waals surface area contributed by atoms with Gasteiger partial charge in [0, 0.05) is 24.0 Å². The predicted octanol–water partition coefficient (Wildman–Crippen LogP) is 3.09. The zero-order valence-electron chi connectivity index (χ0n) is 13.7. The van der Waals surface area contributed by atoms with Crippen molar-refractivity contribution < 1.29 is 23.8 Å². The van der Waals surface area contributed by atoms with Gasteiger partial charge in [0.1, 0.15) is 16.9 Å². The molecular formula is C18H20O5S. The molecule has 1 aromatic rings. The van der Waals surface area contributed by atoms with E-state index in [1.165, 1.54) is 14.0 Å². The lowest BCUT2D eigenvalue weighted by Crippen LogP contribution is -2.42. The van der Waals surface area contributed by atoms with Crippen LogP contribution in [0, 0.1) is 0 Å². The van der Waals surface area contributed by atoms with E-state index in [9.17, 15) is 9.59 Å². The van der Waals surface area contributed by atoms with Crippen molar-refractivity contribution in [3.05, 3.63) is 41.7 Å². The van der Waals surface area contributed by atoms with Crippen LogP contribution in [0.3, 0.4) is 0 Å². The van der Waals surface area contributed by atoms with Gasteiger partial charge in [-0.25, -0.2) is 4.79 Å². The van der Waals surface area contributed by atoms with Crippen molar-refractivity contribution in [1.29, 1.82) is 0 Å². The Labute approximate surface area is 145 Å². The van der Waals surface area contributed by atoms with Gasteiger partial charge in [-0.15, -0.1) is 11.8 Å². The van der Waals surface area contributed by atoms with E-state index in [-0.39, 0.29) is 6.10 Å².